The van der Waals surface area contributed by atoms with Crippen LogP contribution in [-0.4, -0.2) is 24.0 Å². The molecule has 1 aliphatic heterocycles. The van der Waals surface area contributed by atoms with E-state index < -0.39 is 0 Å². The lowest BCUT2D eigenvalue weighted by Crippen LogP contribution is -2.38. The summed E-state index contributed by atoms with van der Waals surface area (Å²) >= 11 is 0. The number of nitrogens with zero attached hydrogens (tertiary/aromatic N) is 1. The van der Waals surface area contributed by atoms with Crippen molar-refractivity contribution in [2.75, 3.05) is 13.1 Å². The van der Waals surface area contributed by atoms with E-state index in [0.717, 1.165) is 17.9 Å². The van der Waals surface area contributed by atoms with Crippen LogP contribution in [0.15, 0.2) is 0 Å². The topological polar surface area (TPSA) is 3.24 Å². The Morgan fingerprint density at radius 1 is 0.750 bits per heavy atom. The van der Waals surface area contributed by atoms with Crippen molar-refractivity contribution in [3.05, 3.63) is 0 Å². The second-order valence-electron chi connectivity index (χ2n) is 4.98. The summed E-state index contributed by atoms with van der Waals surface area (Å²) in [7, 11) is 0. The van der Waals surface area contributed by atoms with Gasteiger partial charge in [0.05, 0.1) is 0 Å². The second-order valence-corrected chi connectivity index (χ2v) is 4.98. The normalized spacial score (nSPS) is 47.5. The molecule has 1 heteroatoms. The van der Waals surface area contributed by atoms with E-state index >= 15 is 0 Å². The summed E-state index contributed by atoms with van der Waals surface area (Å²) in [6.45, 7) is 2.81. The first-order valence-electron chi connectivity index (χ1n) is 5.67. The molecular formula is C11H19N. The van der Waals surface area contributed by atoms with Crippen molar-refractivity contribution < 1.29 is 0 Å². The molecule has 68 valence electrons. The van der Waals surface area contributed by atoms with Gasteiger partial charge in [-0.15, -0.1) is 0 Å². The fourth-order valence-corrected chi connectivity index (χ4v) is 3.26. The lowest BCUT2D eigenvalue weighted by molar-refractivity contribution is 0.156. The molecule has 2 unspecified atom stereocenters. The Morgan fingerprint density at radius 3 is 2.08 bits per heavy atom. The summed E-state index contributed by atoms with van der Waals surface area (Å²) in [5.74, 6) is 2.33. The minimum absolute atomic E-state index is 1.01. The fourth-order valence-electron chi connectivity index (χ4n) is 3.26. The van der Waals surface area contributed by atoms with Gasteiger partial charge in [0.2, 0.25) is 0 Å². The molecule has 0 bridgehead atoms. The molecule has 1 nitrogen and oxygen atoms in total. The highest BCUT2D eigenvalue weighted by Crippen LogP contribution is 2.53. The molecule has 3 rings (SSSR count). The summed E-state index contributed by atoms with van der Waals surface area (Å²) in [5.41, 5.74) is 0. The van der Waals surface area contributed by atoms with Gasteiger partial charge in [-0.25, -0.2) is 0 Å². The Bertz CT molecular complexity index is 162. The van der Waals surface area contributed by atoms with Crippen LogP contribution in [0.4, 0.5) is 0 Å². The van der Waals surface area contributed by atoms with Crippen LogP contribution in [0.25, 0.3) is 0 Å². The van der Waals surface area contributed by atoms with Gasteiger partial charge < -0.3 is 4.90 Å². The highest BCUT2D eigenvalue weighted by atomic mass is 15.2. The largest absolute Gasteiger partial charge is 0.300 e. The van der Waals surface area contributed by atoms with E-state index in [2.05, 4.69) is 4.90 Å². The summed E-state index contributed by atoms with van der Waals surface area (Å²) < 4.78 is 0. The average Bonchev–Trinajstić information content (AvgIpc) is 2.75. The smallest absolute Gasteiger partial charge is 0.0101 e. The maximum Gasteiger partial charge on any atom is 0.0101 e. The molecule has 0 aromatic heterocycles. The van der Waals surface area contributed by atoms with Crippen LogP contribution in [0.2, 0.25) is 0 Å². The van der Waals surface area contributed by atoms with Gasteiger partial charge in [0.1, 0.15) is 0 Å². The fraction of sp³-hybridized carbons (Fsp3) is 1.00. The molecule has 0 radical (unpaired) electrons. The maximum atomic E-state index is 2.77. The highest BCUT2D eigenvalue weighted by Gasteiger charge is 2.47. The van der Waals surface area contributed by atoms with E-state index in [-0.39, 0.29) is 0 Å². The number of rotatable bonds is 1. The number of hydrogen-bond acceptors (Lipinski definition) is 1. The van der Waals surface area contributed by atoms with Crippen LogP contribution < -0.4 is 0 Å². The van der Waals surface area contributed by atoms with Gasteiger partial charge in [-0.1, -0.05) is 6.42 Å². The van der Waals surface area contributed by atoms with Crippen molar-refractivity contribution in [2.45, 2.75) is 44.6 Å². The van der Waals surface area contributed by atoms with Gasteiger partial charge in [0, 0.05) is 6.04 Å². The van der Waals surface area contributed by atoms with Gasteiger partial charge in [0.25, 0.3) is 0 Å². The minimum atomic E-state index is 1.01. The van der Waals surface area contributed by atoms with E-state index in [9.17, 15) is 0 Å². The first-order chi connectivity index (χ1) is 5.93. The van der Waals surface area contributed by atoms with E-state index in [1.54, 1.807) is 19.3 Å². The third-order valence-electron chi connectivity index (χ3n) is 4.13. The molecule has 1 heterocycles. The van der Waals surface area contributed by atoms with Crippen molar-refractivity contribution in [3.63, 3.8) is 0 Å². The van der Waals surface area contributed by atoms with Crippen LogP contribution in [0.5, 0.6) is 0 Å². The molecule has 0 N–H and O–H groups in total. The molecule has 3 fully saturated rings. The van der Waals surface area contributed by atoms with E-state index in [4.69, 9.17) is 0 Å². The number of likely N-dealkylation sites (tertiary alicyclic amines) is 1. The lowest BCUT2D eigenvalue weighted by Gasteiger charge is -2.33. The molecule has 0 spiro atoms. The van der Waals surface area contributed by atoms with Crippen molar-refractivity contribution in [1.82, 2.24) is 4.90 Å². The zero-order chi connectivity index (χ0) is 7.97. The predicted octanol–water partition coefficient (Wildman–Crippen LogP) is 2.27. The lowest BCUT2D eigenvalue weighted by atomic mass is 10.1. The number of fused-ring (bicyclic) bond motifs is 1. The summed E-state index contributed by atoms with van der Waals surface area (Å²) in [4.78, 5) is 2.77. The van der Waals surface area contributed by atoms with Crippen LogP contribution in [0.1, 0.15) is 38.5 Å². The van der Waals surface area contributed by atoms with E-state index in [1.165, 1.54) is 32.4 Å². The predicted molar refractivity (Wildman–Crippen MR) is 50.0 cm³/mol. The van der Waals surface area contributed by atoms with Gasteiger partial charge in [-0.05, 0) is 57.0 Å². The Hall–Kier alpha value is -0.0400. The standard InChI is InChI=1S/C11H19N/c1-2-4-12(5-3-1)11-7-9-6-10(9)8-11/h9-11H,1-8H2. The molecule has 0 amide bonds. The average molecular weight is 165 g/mol. The van der Waals surface area contributed by atoms with Crippen molar-refractivity contribution in [3.8, 4) is 0 Å². The Labute approximate surface area is 75.1 Å². The molecule has 0 aromatic carbocycles. The molecule has 2 atom stereocenters. The van der Waals surface area contributed by atoms with Crippen molar-refractivity contribution >= 4 is 0 Å². The quantitative estimate of drug-likeness (QED) is 0.576. The zero-order valence-electron chi connectivity index (χ0n) is 7.84. The van der Waals surface area contributed by atoms with Gasteiger partial charge in [0.15, 0.2) is 0 Å². The molecule has 1 saturated heterocycles. The molecule has 0 aromatic rings. The summed E-state index contributed by atoms with van der Waals surface area (Å²) in [6, 6.07) is 1.01. The van der Waals surface area contributed by atoms with Gasteiger partial charge >= 0.3 is 0 Å². The molecule has 12 heavy (non-hydrogen) atoms. The first kappa shape index (κ1) is 7.37. The zero-order valence-corrected chi connectivity index (χ0v) is 7.84. The third kappa shape index (κ3) is 1.19. The van der Waals surface area contributed by atoms with Crippen LogP contribution in [-0.2, 0) is 0 Å². The van der Waals surface area contributed by atoms with Crippen molar-refractivity contribution in [2.24, 2.45) is 11.8 Å². The first-order valence-corrected chi connectivity index (χ1v) is 5.67. The Kier molecular flexibility index (Phi) is 1.68. The van der Waals surface area contributed by atoms with Crippen LogP contribution in [0, 0.1) is 11.8 Å². The van der Waals surface area contributed by atoms with Gasteiger partial charge in [-0.2, -0.15) is 0 Å². The van der Waals surface area contributed by atoms with Crippen LogP contribution in [0.3, 0.4) is 0 Å². The molecule has 3 aliphatic rings. The Balaban J connectivity index is 1.58. The third-order valence-corrected chi connectivity index (χ3v) is 4.13. The van der Waals surface area contributed by atoms with E-state index in [0.29, 0.717) is 0 Å². The van der Waals surface area contributed by atoms with Gasteiger partial charge in [-0.3, -0.25) is 0 Å². The molecule has 2 saturated carbocycles. The maximum absolute atomic E-state index is 2.77. The SMILES string of the molecule is C1CCN(C2CC3CC3C2)CC1. The molecule has 2 aliphatic carbocycles. The van der Waals surface area contributed by atoms with Crippen molar-refractivity contribution in [1.29, 1.82) is 0 Å². The van der Waals surface area contributed by atoms with E-state index in [1.807, 2.05) is 0 Å². The minimum Gasteiger partial charge on any atom is -0.300 e. The molecular weight excluding hydrogens is 146 g/mol. The summed E-state index contributed by atoms with van der Waals surface area (Å²) in [5, 5.41) is 0. The monoisotopic (exact) mass is 165 g/mol. The number of piperidine rings is 1. The second kappa shape index (κ2) is 2.73. The Morgan fingerprint density at radius 2 is 1.42 bits per heavy atom. The van der Waals surface area contributed by atoms with Crippen LogP contribution >= 0.6 is 0 Å². The highest BCUT2D eigenvalue weighted by molar-refractivity contribution is 4.99. The number of hydrogen-bond donors (Lipinski definition) is 0. The summed E-state index contributed by atoms with van der Waals surface area (Å²) in [6.07, 6.45) is 9.08.